The number of rotatable bonds is 7. The van der Waals surface area contributed by atoms with Gasteiger partial charge in [0, 0.05) is 18.3 Å². The zero-order valence-electron chi connectivity index (χ0n) is 9.83. The summed E-state index contributed by atoms with van der Waals surface area (Å²) in [6.45, 7) is 4.68. The van der Waals surface area contributed by atoms with E-state index in [-0.39, 0.29) is 5.75 Å². The van der Waals surface area contributed by atoms with Gasteiger partial charge in [-0.05, 0) is 32.1 Å². The highest BCUT2D eigenvalue weighted by molar-refractivity contribution is 7.91. The van der Waals surface area contributed by atoms with Gasteiger partial charge in [0.25, 0.3) is 0 Å². The number of nitrogens with one attached hydrogen (secondary N) is 1. The van der Waals surface area contributed by atoms with Crippen LogP contribution in [0, 0.1) is 5.92 Å². The molecule has 1 rings (SSSR count). The zero-order chi connectivity index (χ0) is 11.3. The first-order valence-electron chi connectivity index (χ1n) is 5.99. The summed E-state index contributed by atoms with van der Waals surface area (Å²) in [5.74, 6) is 1.39. The Morgan fingerprint density at radius 1 is 1.33 bits per heavy atom. The molecule has 0 aromatic carbocycles. The molecule has 0 amide bonds. The normalized spacial score (nSPS) is 19.9. The van der Waals surface area contributed by atoms with Crippen molar-refractivity contribution in [2.24, 2.45) is 5.92 Å². The fourth-order valence-corrected chi connectivity index (χ4v) is 3.22. The van der Waals surface area contributed by atoms with Crippen molar-refractivity contribution in [2.45, 2.75) is 45.6 Å². The Labute approximate surface area is 93.6 Å². The van der Waals surface area contributed by atoms with E-state index in [0.29, 0.717) is 18.3 Å². The van der Waals surface area contributed by atoms with Gasteiger partial charge in [-0.1, -0.05) is 13.3 Å². The maximum Gasteiger partial charge on any atom is 0.151 e. The van der Waals surface area contributed by atoms with Crippen LogP contribution in [0.2, 0.25) is 0 Å². The Bertz CT molecular complexity index is 270. The predicted octanol–water partition coefficient (Wildman–Crippen LogP) is 1.59. The highest BCUT2D eigenvalue weighted by atomic mass is 32.2. The van der Waals surface area contributed by atoms with Crippen molar-refractivity contribution in [1.82, 2.24) is 5.32 Å². The van der Waals surface area contributed by atoms with Crippen molar-refractivity contribution >= 4 is 9.84 Å². The molecule has 0 spiro atoms. The third-order valence-corrected chi connectivity index (χ3v) is 5.11. The van der Waals surface area contributed by atoms with Crippen LogP contribution in [0.5, 0.6) is 0 Å². The molecule has 3 nitrogen and oxygen atoms in total. The molecule has 1 unspecified atom stereocenters. The second kappa shape index (κ2) is 5.85. The Morgan fingerprint density at radius 2 is 2.00 bits per heavy atom. The molecule has 0 bridgehead atoms. The van der Waals surface area contributed by atoms with Gasteiger partial charge in [-0.25, -0.2) is 8.42 Å². The van der Waals surface area contributed by atoms with Crippen LogP contribution < -0.4 is 5.32 Å². The molecular formula is C11H23NO2S. The molecule has 1 atom stereocenters. The molecule has 90 valence electrons. The quantitative estimate of drug-likeness (QED) is 0.726. The number of hydrogen-bond acceptors (Lipinski definition) is 3. The summed E-state index contributed by atoms with van der Waals surface area (Å²) in [6.07, 6.45) is 4.66. The lowest BCUT2D eigenvalue weighted by molar-refractivity contribution is 0.244. The molecule has 4 heteroatoms. The molecule has 0 aromatic rings. The molecule has 1 N–H and O–H groups in total. The zero-order valence-corrected chi connectivity index (χ0v) is 10.6. The van der Waals surface area contributed by atoms with E-state index in [4.69, 9.17) is 0 Å². The Kier molecular flexibility index (Phi) is 5.06. The standard InChI is InChI=1S/C11H23NO2S/c1-3-8-15(13,14)9-7-12-10(2)11-5-4-6-11/h10-12H,3-9H2,1-2H3. The molecular weight excluding hydrogens is 210 g/mol. The molecule has 1 saturated carbocycles. The van der Waals surface area contributed by atoms with Gasteiger partial charge >= 0.3 is 0 Å². The van der Waals surface area contributed by atoms with Crippen LogP contribution in [0.1, 0.15) is 39.5 Å². The van der Waals surface area contributed by atoms with Crippen LogP contribution >= 0.6 is 0 Å². The lowest BCUT2D eigenvalue weighted by Crippen LogP contribution is -2.39. The van der Waals surface area contributed by atoms with Gasteiger partial charge in [0.15, 0.2) is 9.84 Å². The van der Waals surface area contributed by atoms with Crippen molar-refractivity contribution in [3.05, 3.63) is 0 Å². The minimum Gasteiger partial charge on any atom is -0.313 e. The van der Waals surface area contributed by atoms with E-state index < -0.39 is 9.84 Å². The SMILES string of the molecule is CCCS(=O)(=O)CCNC(C)C1CCC1. The molecule has 0 radical (unpaired) electrons. The molecule has 0 heterocycles. The van der Waals surface area contributed by atoms with E-state index in [0.717, 1.165) is 12.3 Å². The summed E-state index contributed by atoms with van der Waals surface area (Å²) in [5, 5.41) is 3.32. The lowest BCUT2D eigenvalue weighted by atomic mass is 9.80. The minimum atomic E-state index is -2.80. The summed E-state index contributed by atoms with van der Waals surface area (Å²) in [5.41, 5.74) is 0. The van der Waals surface area contributed by atoms with Crippen LogP contribution in [-0.4, -0.2) is 32.5 Å². The molecule has 1 aliphatic rings. The van der Waals surface area contributed by atoms with Crippen LogP contribution in [0.15, 0.2) is 0 Å². The largest absolute Gasteiger partial charge is 0.313 e. The molecule has 0 saturated heterocycles. The number of sulfone groups is 1. The Morgan fingerprint density at radius 3 is 2.47 bits per heavy atom. The van der Waals surface area contributed by atoms with Gasteiger partial charge in [0.1, 0.15) is 0 Å². The summed E-state index contributed by atoms with van der Waals surface area (Å²) < 4.78 is 22.9. The summed E-state index contributed by atoms with van der Waals surface area (Å²) in [6, 6.07) is 0.482. The first-order chi connectivity index (χ1) is 7.05. The van der Waals surface area contributed by atoms with Crippen molar-refractivity contribution in [3.63, 3.8) is 0 Å². The van der Waals surface area contributed by atoms with Crippen LogP contribution in [0.4, 0.5) is 0 Å². The van der Waals surface area contributed by atoms with E-state index in [1.807, 2.05) is 6.92 Å². The maximum atomic E-state index is 11.4. The average molecular weight is 233 g/mol. The van der Waals surface area contributed by atoms with Crippen molar-refractivity contribution in [2.75, 3.05) is 18.1 Å². The Balaban J connectivity index is 2.14. The van der Waals surface area contributed by atoms with Gasteiger partial charge in [-0.3, -0.25) is 0 Å². The second-order valence-corrected chi connectivity index (χ2v) is 6.89. The first kappa shape index (κ1) is 13.0. The molecule has 15 heavy (non-hydrogen) atoms. The van der Waals surface area contributed by atoms with Gasteiger partial charge in [0.05, 0.1) is 5.75 Å². The van der Waals surface area contributed by atoms with Crippen molar-refractivity contribution in [1.29, 1.82) is 0 Å². The highest BCUT2D eigenvalue weighted by Crippen LogP contribution is 2.29. The predicted molar refractivity (Wildman–Crippen MR) is 63.8 cm³/mol. The van der Waals surface area contributed by atoms with Gasteiger partial charge in [0.2, 0.25) is 0 Å². The van der Waals surface area contributed by atoms with Crippen molar-refractivity contribution < 1.29 is 8.42 Å². The van der Waals surface area contributed by atoms with Crippen LogP contribution in [-0.2, 0) is 9.84 Å². The van der Waals surface area contributed by atoms with Gasteiger partial charge in [-0.2, -0.15) is 0 Å². The van der Waals surface area contributed by atoms with Gasteiger partial charge in [-0.15, -0.1) is 0 Å². The summed E-state index contributed by atoms with van der Waals surface area (Å²) >= 11 is 0. The van der Waals surface area contributed by atoms with Crippen molar-refractivity contribution in [3.8, 4) is 0 Å². The fraction of sp³-hybridized carbons (Fsp3) is 1.00. The topological polar surface area (TPSA) is 46.2 Å². The summed E-state index contributed by atoms with van der Waals surface area (Å²) in [4.78, 5) is 0. The maximum absolute atomic E-state index is 11.4. The Hall–Kier alpha value is -0.0900. The average Bonchev–Trinajstić information content (AvgIpc) is 1.99. The number of hydrogen-bond donors (Lipinski definition) is 1. The second-order valence-electron chi connectivity index (χ2n) is 4.59. The first-order valence-corrected chi connectivity index (χ1v) is 7.81. The third kappa shape index (κ3) is 4.51. The molecule has 1 aliphatic carbocycles. The van der Waals surface area contributed by atoms with Crippen LogP contribution in [0.3, 0.4) is 0 Å². The third-order valence-electron chi connectivity index (χ3n) is 3.25. The summed E-state index contributed by atoms with van der Waals surface area (Å²) in [7, 11) is -2.80. The molecule has 0 aliphatic heterocycles. The highest BCUT2D eigenvalue weighted by Gasteiger charge is 2.23. The lowest BCUT2D eigenvalue weighted by Gasteiger charge is -2.32. The smallest absolute Gasteiger partial charge is 0.151 e. The fourth-order valence-electron chi connectivity index (χ4n) is 1.96. The van der Waals surface area contributed by atoms with E-state index in [2.05, 4.69) is 12.2 Å². The van der Waals surface area contributed by atoms with E-state index in [9.17, 15) is 8.42 Å². The minimum absolute atomic E-state index is 0.290. The van der Waals surface area contributed by atoms with Crippen LogP contribution in [0.25, 0.3) is 0 Å². The monoisotopic (exact) mass is 233 g/mol. The van der Waals surface area contributed by atoms with E-state index in [1.165, 1.54) is 19.3 Å². The van der Waals surface area contributed by atoms with E-state index >= 15 is 0 Å². The molecule has 1 fully saturated rings. The van der Waals surface area contributed by atoms with E-state index in [1.54, 1.807) is 0 Å². The molecule has 0 aromatic heterocycles. The van der Waals surface area contributed by atoms with Gasteiger partial charge < -0.3 is 5.32 Å².